The number of nitrogen functional groups attached to an aromatic ring is 1. The molecule has 0 radical (unpaired) electrons. The minimum atomic E-state index is -0.266. The Morgan fingerprint density at radius 2 is 1.90 bits per heavy atom. The fourth-order valence-corrected chi connectivity index (χ4v) is 2.44. The van der Waals surface area contributed by atoms with Crippen LogP contribution in [0.3, 0.4) is 0 Å². The van der Waals surface area contributed by atoms with E-state index in [1.807, 2.05) is 16.1 Å². The molecule has 0 saturated carbocycles. The van der Waals surface area contributed by atoms with Gasteiger partial charge in [-0.25, -0.2) is 13.9 Å². The van der Waals surface area contributed by atoms with Gasteiger partial charge in [-0.2, -0.15) is 0 Å². The number of esters is 1. The molecule has 1 aromatic heterocycles. The molecule has 0 fully saturated rings. The fraction of sp³-hybridized carbons (Fsp3) is 0.467. The number of ether oxygens (including phenoxy) is 1. The molecular weight excluding hydrogens is 334 g/mol. The molecule has 0 unspecified atom stereocenters. The first-order valence-corrected chi connectivity index (χ1v) is 6.93. The van der Waals surface area contributed by atoms with Gasteiger partial charge in [0, 0.05) is 0 Å². The zero-order valence-electron chi connectivity index (χ0n) is 12.9. The summed E-state index contributed by atoms with van der Waals surface area (Å²) in [4.78, 5) is 11.7. The summed E-state index contributed by atoms with van der Waals surface area (Å²) in [5.74, 6) is 0.318. The summed E-state index contributed by atoms with van der Waals surface area (Å²) in [5.41, 5.74) is 10.6. The van der Waals surface area contributed by atoms with Crippen molar-refractivity contribution in [3.63, 3.8) is 0 Å². The number of aryl methyl sites for hydroxylation is 3. The summed E-state index contributed by atoms with van der Waals surface area (Å²) in [6, 6.07) is 4.19. The van der Waals surface area contributed by atoms with Gasteiger partial charge in [-0.05, 0) is 51.0 Å². The lowest BCUT2D eigenvalue weighted by molar-refractivity contribution is -0.646. The van der Waals surface area contributed by atoms with Crippen LogP contribution >= 0.6 is 0 Å². The number of carbonyl (C=O) groups excluding carboxylic acids is 1. The van der Waals surface area contributed by atoms with Gasteiger partial charge in [0.05, 0.1) is 13.2 Å². The van der Waals surface area contributed by atoms with Crippen LogP contribution in [-0.2, 0) is 22.6 Å². The van der Waals surface area contributed by atoms with Crippen LogP contribution < -0.4 is 27.3 Å². The van der Waals surface area contributed by atoms with E-state index in [1.165, 1.54) is 11.1 Å². The van der Waals surface area contributed by atoms with Gasteiger partial charge in [0.2, 0.25) is 0 Å². The lowest BCUT2D eigenvalue weighted by atomic mass is 10.1. The van der Waals surface area contributed by atoms with E-state index in [0.29, 0.717) is 12.6 Å². The van der Waals surface area contributed by atoms with E-state index in [9.17, 15) is 4.79 Å². The lowest BCUT2D eigenvalue weighted by Crippen LogP contribution is -3.00. The lowest BCUT2D eigenvalue weighted by Gasteiger charge is -2.02. The molecule has 0 spiro atoms. The first-order valence-electron chi connectivity index (χ1n) is 6.93. The van der Waals surface area contributed by atoms with Crippen molar-refractivity contribution in [2.75, 3.05) is 12.3 Å². The van der Waals surface area contributed by atoms with Crippen LogP contribution in [0.15, 0.2) is 12.1 Å². The summed E-state index contributed by atoms with van der Waals surface area (Å²) in [6.45, 7) is 9.27. The van der Waals surface area contributed by atoms with Crippen molar-refractivity contribution < 1.29 is 31.1 Å². The van der Waals surface area contributed by atoms with E-state index in [1.54, 1.807) is 6.92 Å². The molecule has 0 aliphatic rings. The van der Waals surface area contributed by atoms with Crippen molar-refractivity contribution in [2.45, 2.75) is 40.8 Å². The van der Waals surface area contributed by atoms with Gasteiger partial charge in [-0.15, -0.1) is 0 Å². The molecule has 0 aliphatic carbocycles. The number of rotatable bonds is 4. The van der Waals surface area contributed by atoms with Gasteiger partial charge in [0.15, 0.2) is 6.54 Å². The smallest absolute Gasteiger partial charge is 0.356 e. The second-order valence-corrected chi connectivity index (χ2v) is 4.92. The van der Waals surface area contributed by atoms with Crippen LogP contribution in [0.2, 0.25) is 0 Å². The highest BCUT2D eigenvalue weighted by atomic mass is 79.9. The molecule has 2 aromatic rings. The zero-order valence-corrected chi connectivity index (χ0v) is 14.5. The zero-order chi connectivity index (χ0) is 14.9. The molecule has 116 valence electrons. The van der Waals surface area contributed by atoms with E-state index in [2.05, 4.69) is 26.0 Å². The van der Waals surface area contributed by atoms with E-state index in [0.717, 1.165) is 17.6 Å². The Kier molecular flexibility index (Phi) is 5.78. The van der Waals surface area contributed by atoms with Gasteiger partial charge in [-0.3, -0.25) is 5.73 Å². The Morgan fingerprint density at radius 3 is 2.48 bits per heavy atom. The average Bonchev–Trinajstić information content (AvgIpc) is 2.63. The SMILES string of the molecule is CCOC(=O)C[n+]1c(N)n(CC)c2cc(C)c(C)cc21.[Br-]. The Bertz CT molecular complexity index is 665. The molecule has 0 aliphatic heterocycles. The minimum absolute atomic E-state index is 0. The predicted molar refractivity (Wildman–Crippen MR) is 78.3 cm³/mol. The van der Waals surface area contributed by atoms with E-state index in [4.69, 9.17) is 10.5 Å². The van der Waals surface area contributed by atoms with Crippen LogP contribution in [0.4, 0.5) is 5.95 Å². The number of halogens is 1. The molecule has 2 N–H and O–H groups in total. The van der Waals surface area contributed by atoms with Crippen molar-refractivity contribution in [1.29, 1.82) is 0 Å². The number of carbonyl (C=O) groups is 1. The number of nitrogens with two attached hydrogens (primary N) is 1. The topological polar surface area (TPSA) is 61.1 Å². The maximum Gasteiger partial charge on any atom is 0.356 e. The molecule has 2 rings (SSSR count). The number of aromatic nitrogens is 2. The monoisotopic (exact) mass is 355 g/mol. The normalized spacial score (nSPS) is 10.5. The van der Waals surface area contributed by atoms with Crippen molar-refractivity contribution in [1.82, 2.24) is 4.57 Å². The van der Waals surface area contributed by atoms with Crippen LogP contribution in [0.25, 0.3) is 11.0 Å². The predicted octanol–water partition coefficient (Wildman–Crippen LogP) is -1.29. The van der Waals surface area contributed by atoms with Gasteiger partial charge in [0.1, 0.15) is 11.0 Å². The minimum Gasteiger partial charge on any atom is -1.00 e. The van der Waals surface area contributed by atoms with E-state index in [-0.39, 0.29) is 29.5 Å². The third-order valence-corrected chi connectivity index (χ3v) is 3.63. The Hall–Kier alpha value is -1.56. The van der Waals surface area contributed by atoms with Crippen LogP contribution in [0.5, 0.6) is 0 Å². The Labute approximate surface area is 135 Å². The Balaban J connectivity index is 0.00000220. The molecule has 21 heavy (non-hydrogen) atoms. The number of imidazole rings is 1. The first kappa shape index (κ1) is 17.5. The number of fused-ring (bicyclic) bond motifs is 1. The standard InChI is InChI=1S/C15H21N3O2.BrH/c1-5-17-12-7-10(3)11(4)8-13(12)18(15(17)16)9-14(19)20-6-2;/h7-8,16H,5-6,9H2,1-4H3;1H. The number of hydrogen-bond donors (Lipinski definition) is 1. The van der Waals surface area contributed by atoms with Gasteiger partial charge >= 0.3 is 11.9 Å². The van der Waals surface area contributed by atoms with Crippen molar-refractivity contribution in [3.05, 3.63) is 23.3 Å². The molecule has 0 saturated heterocycles. The van der Waals surface area contributed by atoms with E-state index < -0.39 is 0 Å². The molecule has 0 atom stereocenters. The van der Waals surface area contributed by atoms with Gasteiger partial charge < -0.3 is 21.7 Å². The van der Waals surface area contributed by atoms with E-state index >= 15 is 0 Å². The highest BCUT2D eigenvalue weighted by Gasteiger charge is 2.23. The largest absolute Gasteiger partial charge is 1.00 e. The van der Waals surface area contributed by atoms with Gasteiger partial charge in [-0.1, -0.05) is 0 Å². The van der Waals surface area contributed by atoms with Crippen LogP contribution in [-0.4, -0.2) is 17.1 Å². The van der Waals surface area contributed by atoms with Gasteiger partial charge in [0.25, 0.3) is 0 Å². The third-order valence-electron chi connectivity index (χ3n) is 3.63. The van der Waals surface area contributed by atoms with Crippen molar-refractivity contribution in [3.8, 4) is 0 Å². The maximum atomic E-state index is 11.7. The highest BCUT2D eigenvalue weighted by Crippen LogP contribution is 2.20. The molecule has 5 nitrogen and oxygen atoms in total. The molecule has 0 amide bonds. The maximum absolute atomic E-state index is 11.7. The second kappa shape index (κ2) is 6.93. The Morgan fingerprint density at radius 1 is 1.29 bits per heavy atom. The molecule has 6 heteroatoms. The van der Waals surface area contributed by atoms with Crippen molar-refractivity contribution in [2.24, 2.45) is 0 Å². The number of hydrogen-bond acceptors (Lipinski definition) is 3. The second-order valence-electron chi connectivity index (χ2n) is 4.92. The summed E-state index contributed by atoms with van der Waals surface area (Å²) < 4.78 is 8.86. The fourth-order valence-electron chi connectivity index (χ4n) is 2.44. The summed E-state index contributed by atoms with van der Waals surface area (Å²) in [7, 11) is 0. The molecule has 1 heterocycles. The number of anilines is 1. The van der Waals surface area contributed by atoms with Crippen molar-refractivity contribution >= 4 is 23.0 Å². The average molecular weight is 356 g/mol. The molecule has 1 aromatic carbocycles. The molecule has 0 bridgehead atoms. The van der Waals surface area contributed by atoms with Crippen LogP contribution in [0.1, 0.15) is 25.0 Å². The van der Waals surface area contributed by atoms with Crippen LogP contribution in [0, 0.1) is 13.8 Å². The quantitative estimate of drug-likeness (QED) is 0.548. The number of benzene rings is 1. The third kappa shape index (κ3) is 3.20. The number of nitrogens with zero attached hydrogens (tertiary/aromatic N) is 2. The summed E-state index contributed by atoms with van der Waals surface area (Å²) >= 11 is 0. The first-order chi connectivity index (χ1) is 9.49. The summed E-state index contributed by atoms with van der Waals surface area (Å²) in [6.07, 6.45) is 0. The molecular formula is C15H22BrN3O2. The summed E-state index contributed by atoms with van der Waals surface area (Å²) in [5, 5.41) is 0. The highest BCUT2D eigenvalue weighted by molar-refractivity contribution is 5.77.